The molecule has 0 aromatic heterocycles. The second-order valence-electron chi connectivity index (χ2n) is 6.04. The highest BCUT2D eigenvalue weighted by Crippen LogP contribution is 2.30. The van der Waals surface area contributed by atoms with Gasteiger partial charge in [-0.15, -0.1) is 0 Å². The van der Waals surface area contributed by atoms with Crippen LogP contribution >= 0.6 is 0 Å². The Morgan fingerprint density at radius 3 is 2.26 bits per heavy atom. The van der Waals surface area contributed by atoms with Crippen molar-refractivity contribution in [2.45, 2.75) is 58.8 Å². The van der Waals surface area contributed by atoms with Gasteiger partial charge in [-0.25, -0.2) is 0 Å². The highest BCUT2D eigenvalue weighted by Gasteiger charge is 2.34. The van der Waals surface area contributed by atoms with Gasteiger partial charge in [-0.05, 0) is 36.8 Å². The topological polar surface area (TPSA) is 37.3 Å². The minimum atomic E-state index is -0.758. The van der Waals surface area contributed by atoms with Crippen molar-refractivity contribution in [3.8, 4) is 0 Å². The van der Waals surface area contributed by atoms with Crippen molar-refractivity contribution in [1.82, 2.24) is 0 Å². The molecule has 1 aromatic carbocycles. The summed E-state index contributed by atoms with van der Waals surface area (Å²) in [5, 5.41) is 9.53. The van der Waals surface area contributed by atoms with E-state index in [1.54, 1.807) is 0 Å². The van der Waals surface area contributed by atoms with Crippen LogP contribution in [0.4, 0.5) is 0 Å². The van der Waals surface area contributed by atoms with Crippen LogP contribution in [-0.2, 0) is 16.6 Å². The van der Waals surface area contributed by atoms with Crippen LogP contribution in [0, 0.1) is 5.92 Å². The summed E-state index contributed by atoms with van der Waals surface area (Å²) in [6, 6.07) is 8.12. The minimum absolute atomic E-state index is 0.622. The largest absolute Gasteiger partial charge is 0.481 e. The standard InChI is InChI=1S/C17H26O2/c1-5-6-11-17(4,16(18)19)15-9-7-14(8-10-15)12-13(2)3/h7-10,13H,5-6,11-12H2,1-4H3,(H,18,19). The van der Waals surface area contributed by atoms with Gasteiger partial charge in [0.25, 0.3) is 0 Å². The molecule has 0 radical (unpaired) electrons. The van der Waals surface area contributed by atoms with E-state index in [0.717, 1.165) is 24.8 Å². The van der Waals surface area contributed by atoms with Crippen molar-refractivity contribution in [1.29, 1.82) is 0 Å². The Morgan fingerprint density at radius 2 is 1.84 bits per heavy atom. The molecule has 1 atom stereocenters. The SMILES string of the molecule is CCCCC(C)(C(=O)O)c1ccc(CC(C)C)cc1. The van der Waals surface area contributed by atoms with Gasteiger partial charge in [0.15, 0.2) is 0 Å². The van der Waals surface area contributed by atoms with Crippen LogP contribution in [0.15, 0.2) is 24.3 Å². The zero-order chi connectivity index (χ0) is 14.5. The summed E-state index contributed by atoms with van der Waals surface area (Å²) in [4.78, 5) is 11.6. The molecular weight excluding hydrogens is 236 g/mol. The molecule has 0 bridgehead atoms. The third kappa shape index (κ3) is 4.09. The van der Waals surface area contributed by atoms with Crippen LogP contribution in [0.2, 0.25) is 0 Å². The van der Waals surface area contributed by atoms with Gasteiger partial charge in [-0.1, -0.05) is 57.9 Å². The van der Waals surface area contributed by atoms with Crippen molar-refractivity contribution in [2.24, 2.45) is 5.92 Å². The fraction of sp³-hybridized carbons (Fsp3) is 0.588. The Kier molecular flexibility index (Phi) is 5.59. The summed E-state index contributed by atoms with van der Waals surface area (Å²) in [5.41, 5.74) is 1.44. The number of hydrogen-bond acceptors (Lipinski definition) is 1. The fourth-order valence-corrected chi connectivity index (χ4v) is 2.39. The van der Waals surface area contributed by atoms with E-state index in [1.807, 2.05) is 19.1 Å². The molecule has 1 rings (SSSR count). The minimum Gasteiger partial charge on any atom is -0.481 e. The maximum Gasteiger partial charge on any atom is 0.313 e. The van der Waals surface area contributed by atoms with Gasteiger partial charge < -0.3 is 5.11 Å². The number of aliphatic carboxylic acids is 1. The number of carbonyl (C=O) groups is 1. The third-order valence-electron chi connectivity index (χ3n) is 3.74. The summed E-state index contributed by atoms with van der Waals surface area (Å²) in [5.74, 6) is -0.102. The molecule has 1 N–H and O–H groups in total. The van der Waals surface area contributed by atoms with Crippen LogP contribution in [0.3, 0.4) is 0 Å². The molecular formula is C17H26O2. The maximum atomic E-state index is 11.6. The average Bonchev–Trinajstić information content (AvgIpc) is 2.35. The molecule has 1 aromatic rings. The van der Waals surface area contributed by atoms with Gasteiger partial charge >= 0.3 is 5.97 Å². The van der Waals surface area contributed by atoms with E-state index in [1.165, 1.54) is 5.56 Å². The lowest BCUT2D eigenvalue weighted by Gasteiger charge is -2.25. The van der Waals surface area contributed by atoms with E-state index < -0.39 is 11.4 Å². The first-order valence-corrected chi connectivity index (χ1v) is 7.23. The fourth-order valence-electron chi connectivity index (χ4n) is 2.39. The maximum absolute atomic E-state index is 11.6. The lowest BCUT2D eigenvalue weighted by atomic mass is 9.78. The van der Waals surface area contributed by atoms with Crippen LogP contribution in [0.5, 0.6) is 0 Å². The summed E-state index contributed by atoms with van der Waals surface area (Å²) in [7, 11) is 0. The third-order valence-corrected chi connectivity index (χ3v) is 3.74. The van der Waals surface area contributed by atoms with Crippen molar-refractivity contribution >= 4 is 5.97 Å². The van der Waals surface area contributed by atoms with E-state index in [-0.39, 0.29) is 0 Å². The van der Waals surface area contributed by atoms with Gasteiger partial charge in [0, 0.05) is 0 Å². The predicted octanol–water partition coefficient (Wildman–Crippen LogP) is 4.42. The number of rotatable bonds is 7. The van der Waals surface area contributed by atoms with Crippen molar-refractivity contribution < 1.29 is 9.90 Å². The van der Waals surface area contributed by atoms with Gasteiger partial charge in [0.1, 0.15) is 0 Å². The number of unbranched alkanes of at least 4 members (excludes halogenated alkanes) is 1. The number of carboxylic acid groups (broad SMARTS) is 1. The normalized spacial score (nSPS) is 14.4. The molecule has 0 aliphatic rings. The number of carboxylic acids is 1. The molecule has 2 nitrogen and oxygen atoms in total. The molecule has 0 spiro atoms. The Bertz CT molecular complexity index is 406. The second kappa shape index (κ2) is 6.74. The molecule has 2 heteroatoms. The van der Waals surface area contributed by atoms with Gasteiger partial charge in [-0.2, -0.15) is 0 Å². The highest BCUT2D eigenvalue weighted by molar-refractivity contribution is 5.80. The summed E-state index contributed by atoms with van der Waals surface area (Å²) >= 11 is 0. The quantitative estimate of drug-likeness (QED) is 0.790. The molecule has 0 aliphatic carbocycles. The Balaban J connectivity index is 2.94. The van der Waals surface area contributed by atoms with E-state index in [2.05, 4.69) is 32.9 Å². The predicted molar refractivity (Wildman–Crippen MR) is 79.5 cm³/mol. The van der Waals surface area contributed by atoms with Gasteiger partial charge in [-0.3, -0.25) is 4.79 Å². The first-order valence-electron chi connectivity index (χ1n) is 7.23. The van der Waals surface area contributed by atoms with E-state index >= 15 is 0 Å². The van der Waals surface area contributed by atoms with Crippen molar-refractivity contribution in [3.63, 3.8) is 0 Å². The van der Waals surface area contributed by atoms with Gasteiger partial charge in [0.2, 0.25) is 0 Å². The molecule has 0 amide bonds. The van der Waals surface area contributed by atoms with Crippen molar-refractivity contribution in [2.75, 3.05) is 0 Å². The monoisotopic (exact) mass is 262 g/mol. The summed E-state index contributed by atoms with van der Waals surface area (Å²) in [6.45, 7) is 8.31. The second-order valence-corrected chi connectivity index (χ2v) is 6.04. The molecule has 19 heavy (non-hydrogen) atoms. The molecule has 0 aliphatic heterocycles. The zero-order valence-electron chi connectivity index (χ0n) is 12.6. The molecule has 0 fully saturated rings. The van der Waals surface area contributed by atoms with E-state index in [4.69, 9.17) is 0 Å². The Labute approximate surface area is 116 Å². The van der Waals surface area contributed by atoms with Crippen LogP contribution in [0.1, 0.15) is 58.1 Å². The first kappa shape index (κ1) is 15.7. The zero-order valence-corrected chi connectivity index (χ0v) is 12.6. The summed E-state index contributed by atoms with van der Waals surface area (Å²) in [6.07, 6.45) is 3.70. The molecule has 0 saturated carbocycles. The Hall–Kier alpha value is -1.31. The first-order chi connectivity index (χ1) is 8.90. The van der Waals surface area contributed by atoms with Crippen LogP contribution in [-0.4, -0.2) is 11.1 Å². The van der Waals surface area contributed by atoms with E-state index in [0.29, 0.717) is 12.3 Å². The summed E-state index contributed by atoms with van der Waals surface area (Å²) < 4.78 is 0. The number of benzene rings is 1. The molecule has 1 unspecified atom stereocenters. The van der Waals surface area contributed by atoms with Crippen LogP contribution < -0.4 is 0 Å². The lowest BCUT2D eigenvalue weighted by Crippen LogP contribution is -2.32. The molecule has 0 heterocycles. The molecule has 0 saturated heterocycles. The number of hydrogen-bond donors (Lipinski definition) is 1. The van der Waals surface area contributed by atoms with E-state index in [9.17, 15) is 9.90 Å². The lowest BCUT2D eigenvalue weighted by molar-refractivity contribution is -0.143. The van der Waals surface area contributed by atoms with Crippen molar-refractivity contribution in [3.05, 3.63) is 35.4 Å². The average molecular weight is 262 g/mol. The highest BCUT2D eigenvalue weighted by atomic mass is 16.4. The van der Waals surface area contributed by atoms with Crippen LogP contribution in [0.25, 0.3) is 0 Å². The smallest absolute Gasteiger partial charge is 0.313 e. The molecule has 106 valence electrons. The van der Waals surface area contributed by atoms with Gasteiger partial charge in [0.05, 0.1) is 5.41 Å². The Morgan fingerprint density at radius 1 is 1.26 bits per heavy atom.